The van der Waals surface area contributed by atoms with Crippen LogP contribution in [0.2, 0.25) is 5.02 Å². The van der Waals surface area contributed by atoms with Crippen LogP contribution in [0.4, 0.5) is 0 Å². The second kappa shape index (κ2) is 6.14. The molecule has 0 saturated carbocycles. The Balaban J connectivity index is 2.58. The van der Waals surface area contributed by atoms with E-state index in [4.69, 9.17) is 17.3 Å². The Bertz CT molecular complexity index is 296. The van der Waals surface area contributed by atoms with Gasteiger partial charge in [-0.2, -0.15) is 0 Å². The van der Waals surface area contributed by atoms with Gasteiger partial charge in [-0.1, -0.05) is 37.6 Å². The van der Waals surface area contributed by atoms with Crippen molar-refractivity contribution >= 4 is 11.6 Å². The first-order valence-corrected chi connectivity index (χ1v) is 5.94. The molecule has 0 aliphatic carbocycles. The molecule has 0 spiro atoms. The molecule has 0 aromatic heterocycles. The van der Waals surface area contributed by atoms with Crippen LogP contribution in [-0.4, -0.2) is 6.54 Å². The van der Waals surface area contributed by atoms with Gasteiger partial charge in [-0.15, -0.1) is 0 Å². The summed E-state index contributed by atoms with van der Waals surface area (Å²) in [6.07, 6.45) is 2.22. The summed E-state index contributed by atoms with van der Waals surface area (Å²) in [5, 5.41) is 0.813. The standard InChI is InChI=1S/C13H20ClN/c1-10(2)6-12(9-15)7-11-4-3-5-13(14)8-11/h3-5,8,10,12H,6-7,9,15H2,1-2H3/t12-/m0/s1. The highest BCUT2D eigenvalue weighted by Crippen LogP contribution is 2.18. The summed E-state index contributed by atoms with van der Waals surface area (Å²) in [7, 11) is 0. The third kappa shape index (κ3) is 4.67. The lowest BCUT2D eigenvalue weighted by atomic mass is 9.91. The Labute approximate surface area is 97.6 Å². The van der Waals surface area contributed by atoms with Gasteiger partial charge in [-0.3, -0.25) is 0 Å². The highest BCUT2D eigenvalue weighted by molar-refractivity contribution is 6.30. The third-order valence-electron chi connectivity index (χ3n) is 2.55. The van der Waals surface area contributed by atoms with Crippen molar-refractivity contribution in [1.82, 2.24) is 0 Å². The summed E-state index contributed by atoms with van der Waals surface area (Å²) >= 11 is 5.95. The van der Waals surface area contributed by atoms with Crippen molar-refractivity contribution in [1.29, 1.82) is 0 Å². The van der Waals surface area contributed by atoms with E-state index in [1.54, 1.807) is 0 Å². The van der Waals surface area contributed by atoms with Crippen molar-refractivity contribution in [2.75, 3.05) is 6.54 Å². The van der Waals surface area contributed by atoms with Crippen molar-refractivity contribution in [2.24, 2.45) is 17.6 Å². The van der Waals surface area contributed by atoms with Crippen LogP contribution < -0.4 is 5.73 Å². The van der Waals surface area contributed by atoms with Crippen LogP contribution in [0.15, 0.2) is 24.3 Å². The minimum Gasteiger partial charge on any atom is -0.330 e. The van der Waals surface area contributed by atoms with Gasteiger partial charge in [-0.25, -0.2) is 0 Å². The SMILES string of the molecule is CC(C)C[C@H](CN)Cc1cccc(Cl)c1. The fraction of sp³-hybridized carbons (Fsp3) is 0.538. The lowest BCUT2D eigenvalue weighted by Crippen LogP contribution is -2.18. The Morgan fingerprint density at radius 3 is 2.60 bits per heavy atom. The van der Waals surface area contributed by atoms with E-state index < -0.39 is 0 Å². The second-order valence-electron chi connectivity index (χ2n) is 4.57. The lowest BCUT2D eigenvalue weighted by Gasteiger charge is -2.17. The molecule has 1 rings (SSSR count). The molecule has 0 radical (unpaired) electrons. The Morgan fingerprint density at radius 1 is 1.33 bits per heavy atom. The Hall–Kier alpha value is -0.530. The molecule has 0 aliphatic rings. The highest BCUT2D eigenvalue weighted by Gasteiger charge is 2.10. The first kappa shape index (κ1) is 12.5. The zero-order chi connectivity index (χ0) is 11.3. The summed E-state index contributed by atoms with van der Waals surface area (Å²) in [5.74, 6) is 1.28. The molecule has 1 atom stereocenters. The van der Waals surface area contributed by atoms with E-state index in [2.05, 4.69) is 19.9 Å². The van der Waals surface area contributed by atoms with E-state index in [9.17, 15) is 0 Å². The molecule has 15 heavy (non-hydrogen) atoms. The third-order valence-corrected chi connectivity index (χ3v) is 2.79. The average molecular weight is 226 g/mol. The molecule has 0 heterocycles. The molecular formula is C13H20ClN. The highest BCUT2D eigenvalue weighted by atomic mass is 35.5. The maximum Gasteiger partial charge on any atom is 0.0408 e. The molecule has 84 valence electrons. The largest absolute Gasteiger partial charge is 0.330 e. The lowest BCUT2D eigenvalue weighted by molar-refractivity contribution is 0.415. The van der Waals surface area contributed by atoms with Crippen LogP contribution >= 0.6 is 11.6 Å². The number of halogens is 1. The van der Waals surface area contributed by atoms with Crippen LogP contribution in [0.1, 0.15) is 25.8 Å². The smallest absolute Gasteiger partial charge is 0.0408 e. The van der Waals surface area contributed by atoms with Crippen molar-refractivity contribution in [3.63, 3.8) is 0 Å². The van der Waals surface area contributed by atoms with Crippen LogP contribution in [-0.2, 0) is 6.42 Å². The van der Waals surface area contributed by atoms with Crippen LogP contribution in [0, 0.1) is 11.8 Å². The number of hydrogen-bond donors (Lipinski definition) is 1. The fourth-order valence-corrected chi connectivity index (χ4v) is 2.14. The monoisotopic (exact) mass is 225 g/mol. The topological polar surface area (TPSA) is 26.0 Å². The van der Waals surface area contributed by atoms with Gasteiger partial charge < -0.3 is 5.73 Å². The van der Waals surface area contributed by atoms with Gasteiger partial charge in [0, 0.05) is 5.02 Å². The first-order chi connectivity index (χ1) is 7.11. The molecule has 1 aromatic carbocycles. The van der Waals surface area contributed by atoms with Crippen LogP contribution in [0.3, 0.4) is 0 Å². The quantitative estimate of drug-likeness (QED) is 0.816. The predicted octanol–water partition coefficient (Wildman–Crippen LogP) is 3.50. The van der Waals surface area contributed by atoms with Crippen molar-refractivity contribution in [2.45, 2.75) is 26.7 Å². The van der Waals surface area contributed by atoms with Gasteiger partial charge in [0.25, 0.3) is 0 Å². The summed E-state index contributed by atoms with van der Waals surface area (Å²) in [4.78, 5) is 0. The van der Waals surface area contributed by atoms with Crippen LogP contribution in [0.25, 0.3) is 0 Å². The maximum atomic E-state index is 5.95. The first-order valence-electron chi connectivity index (χ1n) is 5.56. The zero-order valence-corrected chi connectivity index (χ0v) is 10.3. The Morgan fingerprint density at radius 2 is 2.07 bits per heavy atom. The van der Waals surface area contributed by atoms with Crippen LogP contribution in [0.5, 0.6) is 0 Å². The maximum absolute atomic E-state index is 5.95. The van der Waals surface area contributed by atoms with Crippen molar-refractivity contribution in [3.05, 3.63) is 34.9 Å². The molecule has 1 nitrogen and oxygen atoms in total. The minimum absolute atomic E-state index is 0.573. The number of nitrogens with two attached hydrogens (primary N) is 1. The predicted molar refractivity (Wildman–Crippen MR) is 67.2 cm³/mol. The fourth-order valence-electron chi connectivity index (χ4n) is 1.93. The van der Waals surface area contributed by atoms with Gasteiger partial charge in [0.15, 0.2) is 0 Å². The van der Waals surface area contributed by atoms with Gasteiger partial charge in [0.05, 0.1) is 0 Å². The van der Waals surface area contributed by atoms with E-state index in [-0.39, 0.29) is 0 Å². The van der Waals surface area contributed by atoms with E-state index >= 15 is 0 Å². The zero-order valence-electron chi connectivity index (χ0n) is 9.54. The van der Waals surface area contributed by atoms with Gasteiger partial charge in [0.1, 0.15) is 0 Å². The molecule has 0 unspecified atom stereocenters. The molecule has 0 saturated heterocycles. The van der Waals surface area contributed by atoms with Crippen molar-refractivity contribution < 1.29 is 0 Å². The molecule has 0 amide bonds. The molecule has 2 N–H and O–H groups in total. The summed E-state index contributed by atoms with van der Waals surface area (Å²) in [6, 6.07) is 8.06. The van der Waals surface area contributed by atoms with E-state index in [1.165, 1.54) is 12.0 Å². The van der Waals surface area contributed by atoms with Gasteiger partial charge in [0.2, 0.25) is 0 Å². The number of hydrogen-bond acceptors (Lipinski definition) is 1. The molecule has 0 bridgehead atoms. The van der Waals surface area contributed by atoms with Gasteiger partial charge >= 0.3 is 0 Å². The number of rotatable bonds is 5. The Kier molecular flexibility index (Phi) is 5.13. The average Bonchev–Trinajstić information content (AvgIpc) is 2.16. The van der Waals surface area contributed by atoms with E-state index in [1.807, 2.05) is 18.2 Å². The minimum atomic E-state index is 0.573. The molecule has 0 fully saturated rings. The molecule has 0 aliphatic heterocycles. The summed E-state index contributed by atoms with van der Waals surface area (Å²) < 4.78 is 0. The van der Waals surface area contributed by atoms with E-state index in [0.29, 0.717) is 11.8 Å². The second-order valence-corrected chi connectivity index (χ2v) is 5.00. The summed E-state index contributed by atoms with van der Waals surface area (Å²) in [5.41, 5.74) is 7.06. The van der Waals surface area contributed by atoms with Crippen molar-refractivity contribution in [3.8, 4) is 0 Å². The normalized spacial score (nSPS) is 13.1. The summed E-state index contributed by atoms with van der Waals surface area (Å²) in [6.45, 7) is 5.23. The molecule has 1 aromatic rings. The van der Waals surface area contributed by atoms with E-state index in [0.717, 1.165) is 18.0 Å². The molecule has 2 heteroatoms. The molecular weight excluding hydrogens is 206 g/mol. The number of benzene rings is 1. The van der Waals surface area contributed by atoms with Gasteiger partial charge in [-0.05, 0) is 48.9 Å².